The van der Waals surface area contributed by atoms with Crippen molar-refractivity contribution >= 4 is 16.7 Å². The van der Waals surface area contributed by atoms with Crippen molar-refractivity contribution in [3.63, 3.8) is 0 Å². The number of nitrogens with zero attached hydrogens (tertiary/aromatic N) is 3. The molecule has 18 heavy (non-hydrogen) atoms. The lowest BCUT2D eigenvalue weighted by Gasteiger charge is -2.39. The Kier molecular flexibility index (Phi) is 2.71. The first-order valence-corrected chi connectivity index (χ1v) is 6.57. The molecule has 0 aliphatic carbocycles. The van der Waals surface area contributed by atoms with Crippen molar-refractivity contribution in [3.8, 4) is 0 Å². The van der Waals surface area contributed by atoms with Gasteiger partial charge in [-0.25, -0.2) is 4.98 Å². The van der Waals surface area contributed by atoms with Crippen molar-refractivity contribution in [1.82, 2.24) is 4.98 Å². The smallest absolute Gasteiger partial charge is 0.129 e. The van der Waals surface area contributed by atoms with Crippen molar-refractivity contribution in [2.24, 2.45) is 0 Å². The van der Waals surface area contributed by atoms with Crippen molar-refractivity contribution in [2.75, 3.05) is 45.2 Å². The lowest BCUT2D eigenvalue weighted by molar-refractivity contribution is -0.890. The van der Waals surface area contributed by atoms with Crippen LogP contribution in [0.4, 0.5) is 5.82 Å². The van der Waals surface area contributed by atoms with Crippen LogP contribution in [-0.4, -0.2) is 49.7 Å². The minimum absolute atomic E-state index is 1.09. The Hall–Kier alpha value is -1.61. The van der Waals surface area contributed by atoms with Gasteiger partial charge in [0.1, 0.15) is 5.82 Å². The number of anilines is 1. The van der Waals surface area contributed by atoms with E-state index < -0.39 is 0 Å². The highest BCUT2D eigenvalue weighted by Gasteiger charge is 2.24. The summed E-state index contributed by atoms with van der Waals surface area (Å²) in [5.74, 6) is 1.12. The maximum absolute atomic E-state index is 4.77. The number of hydrogen-bond donors (Lipinski definition) is 0. The second-order valence-electron chi connectivity index (χ2n) is 5.73. The lowest BCUT2D eigenvalue weighted by atomic mass is 10.2. The molecule has 0 N–H and O–H groups in total. The summed E-state index contributed by atoms with van der Waals surface area (Å²) in [6.45, 7) is 4.57. The van der Waals surface area contributed by atoms with Crippen molar-refractivity contribution < 1.29 is 4.48 Å². The van der Waals surface area contributed by atoms with Crippen LogP contribution < -0.4 is 4.90 Å². The number of rotatable bonds is 1. The molecule has 0 radical (unpaired) electrons. The van der Waals surface area contributed by atoms with Gasteiger partial charge in [0.25, 0.3) is 0 Å². The standard InChI is InChI=1S/C15H20N3/c1-18(2)11-9-17(10-12-18)15-8-7-13-5-3-4-6-14(13)16-15/h3-8H,9-12H2,1-2H3/q+1. The van der Waals surface area contributed by atoms with E-state index in [1.54, 1.807) is 0 Å². The Balaban J connectivity index is 1.87. The zero-order valence-corrected chi connectivity index (χ0v) is 11.1. The summed E-state index contributed by atoms with van der Waals surface area (Å²) in [5, 5.41) is 1.22. The predicted octanol–water partition coefficient (Wildman–Crippen LogP) is 2.13. The summed E-state index contributed by atoms with van der Waals surface area (Å²) >= 11 is 0. The van der Waals surface area contributed by atoms with Gasteiger partial charge >= 0.3 is 0 Å². The average molecular weight is 242 g/mol. The van der Waals surface area contributed by atoms with Crippen LogP contribution in [0.15, 0.2) is 36.4 Å². The third kappa shape index (κ3) is 2.18. The monoisotopic (exact) mass is 242 g/mol. The number of pyridine rings is 1. The molecule has 1 aliphatic heterocycles. The fraction of sp³-hybridized carbons (Fsp3) is 0.400. The molecular formula is C15H20N3+. The predicted molar refractivity (Wildman–Crippen MR) is 75.8 cm³/mol. The highest BCUT2D eigenvalue weighted by atomic mass is 15.4. The summed E-state index contributed by atoms with van der Waals surface area (Å²) in [6.07, 6.45) is 0. The van der Waals surface area contributed by atoms with Gasteiger partial charge in [-0.05, 0) is 18.2 Å². The van der Waals surface area contributed by atoms with Gasteiger partial charge in [0, 0.05) is 5.39 Å². The molecule has 0 atom stereocenters. The normalized spacial score (nSPS) is 19.1. The Morgan fingerprint density at radius 3 is 2.50 bits per heavy atom. The Labute approximate surface area is 108 Å². The van der Waals surface area contributed by atoms with Crippen LogP contribution in [0.5, 0.6) is 0 Å². The van der Waals surface area contributed by atoms with Gasteiger partial charge in [-0.3, -0.25) is 0 Å². The first kappa shape index (κ1) is 11.5. The number of piperazine rings is 1. The quantitative estimate of drug-likeness (QED) is 0.712. The molecule has 0 spiro atoms. The zero-order chi connectivity index (χ0) is 12.6. The number of para-hydroxylation sites is 1. The van der Waals surface area contributed by atoms with Crippen LogP contribution in [0.3, 0.4) is 0 Å². The largest absolute Gasteiger partial charge is 0.345 e. The van der Waals surface area contributed by atoms with E-state index >= 15 is 0 Å². The van der Waals surface area contributed by atoms with Crippen molar-refractivity contribution in [1.29, 1.82) is 0 Å². The van der Waals surface area contributed by atoms with E-state index in [1.165, 1.54) is 18.5 Å². The van der Waals surface area contributed by atoms with E-state index in [4.69, 9.17) is 4.98 Å². The first-order valence-electron chi connectivity index (χ1n) is 6.57. The number of likely N-dealkylation sites (N-methyl/N-ethyl adjacent to an activating group) is 1. The Bertz CT molecular complexity index is 552. The number of aromatic nitrogens is 1. The summed E-state index contributed by atoms with van der Waals surface area (Å²) in [5.41, 5.74) is 1.09. The first-order chi connectivity index (χ1) is 8.64. The van der Waals surface area contributed by atoms with Gasteiger partial charge in [-0.15, -0.1) is 0 Å². The second-order valence-corrected chi connectivity index (χ2v) is 5.73. The number of hydrogen-bond acceptors (Lipinski definition) is 2. The van der Waals surface area contributed by atoms with Gasteiger partial charge in [0.15, 0.2) is 0 Å². The molecule has 3 heteroatoms. The van der Waals surface area contributed by atoms with E-state index in [0.717, 1.165) is 28.9 Å². The fourth-order valence-electron chi connectivity index (χ4n) is 2.47. The molecule has 3 nitrogen and oxygen atoms in total. The van der Waals surface area contributed by atoms with Gasteiger partial charge in [0.05, 0.1) is 45.8 Å². The third-order valence-corrected chi connectivity index (χ3v) is 3.86. The topological polar surface area (TPSA) is 16.1 Å². The molecule has 0 amide bonds. The van der Waals surface area contributed by atoms with Crippen LogP contribution in [0.2, 0.25) is 0 Å². The van der Waals surface area contributed by atoms with Crippen LogP contribution in [0.25, 0.3) is 10.9 Å². The third-order valence-electron chi connectivity index (χ3n) is 3.86. The summed E-state index contributed by atoms with van der Waals surface area (Å²) < 4.78 is 1.12. The maximum atomic E-state index is 4.77. The highest BCUT2D eigenvalue weighted by Crippen LogP contribution is 2.19. The second kappa shape index (κ2) is 4.25. The molecule has 0 bridgehead atoms. The molecule has 0 unspecified atom stereocenters. The molecule has 94 valence electrons. The summed E-state index contributed by atoms with van der Waals surface area (Å²) in [4.78, 5) is 7.16. The Morgan fingerprint density at radius 1 is 1.00 bits per heavy atom. The van der Waals surface area contributed by atoms with Crippen LogP contribution >= 0.6 is 0 Å². The fourth-order valence-corrected chi connectivity index (χ4v) is 2.47. The summed E-state index contributed by atoms with van der Waals surface area (Å²) in [6, 6.07) is 12.6. The van der Waals surface area contributed by atoms with E-state index in [-0.39, 0.29) is 0 Å². The molecule has 0 saturated carbocycles. The minimum atomic E-state index is 1.09. The molecule has 2 heterocycles. The van der Waals surface area contributed by atoms with Crippen molar-refractivity contribution in [3.05, 3.63) is 36.4 Å². The van der Waals surface area contributed by atoms with Gasteiger partial charge in [-0.1, -0.05) is 18.2 Å². The average Bonchev–Trinajstić information content (AvgIpc) is 2.38. The number of fused-ring (bicyclic) bond motifs is 1. The van der Waals surface area contributed by atoms with Gasteiger partial charge in [-0.2, -0.15) is 0 Å². The van der Waals surface area contributed by atoms with E-state index in [0.29, 0.717) is 0 Å². The van der Waals surface area contributed by atoms with E-state index in [9.17, 15) is 0 Å². The molecule has 2 aromatic rings. The molecule has 1 fully saturated rings. The van der Waals surface area contributed by atoms with Crippen LogP contribution in [0.1, 0.15) is 0 Å². The van der Waals surface area contributed by atoms with E-state index in [2.05, 4.69) is 55.4 Å². The lowest BCUT2D eigenvalue weighted by Crippen LogP contribution is -2.55. The van der Waals surface area contributed by atoms with Gasteiger partial charge < -0.3 is 9.38 Å². The Morgan fingerprint density at radius 2 is 1.72 bits per heavy atom. The SMILES string of the molecule is C[N+]1(C)CCN(c2ccc3ccccc3n2)CC1. The van der Waals surface area contributed by atoms with E-state index in [1.807, 2.05) is 0 Å². The molecular weight excluding hydrogens is 222 g/mol. The van der Waals surface area contributed by atoms with Crippen LogP contribution in [-0.2, 0) is 0 Å². The van der Waals surface area contributed by atoms with Gasteiger partial charge in [0.2, 0.25) is 0 Å². The van der Waals surface area contributed by atoms with Crippen LogP contribution in [0, 0.1) is 0 Å². The number of quaternary nitrogens is 1. The molecule has 3 rings (SSSR count). The molecule has 1 saturated heterocycles. The molecule has 1 aromatic heterocycles. The summed E-state index contributed by atoms with van der Waals surface area (Å²) in [7, 11) is 4.59. The highest BCUT2D eigenvalue weighted by molar-refractivity contribution is 5.80. The number of benzene rings is 1. The zero-order valence-electron chi connectivity index (χ0n) is 11.1. The minimum Gasteiger partial charge on any atom is -0.345 e. The maximum Gasteiger partial charge on any atom is 0.129 e. The molecule has 1 aliphatic rings. The van der Waals surface area contributed by atoms with Crippen molar-refractivity contribution in [2.45, 2.75) is 0 Å². The molecule has 1 aromatic carbocycles.